The van der Waals surface area contributed by atoms with Gasteiger partial charge in [0, 0.05) is 5.56 Å². The fraction of sp³-hybridized carbons (Fsp3) is 0. The lowest BCUT2D eigenvalue weighted by atomic mass is 10.0. The average Bonchev–Trinajstić information content (AvgIpc) is 2.23. The Balaban J connectivity index is 2.82. The van der Waals surface area contributed by atoms with Crippen LogP contribution in [0.5, 0.6) is 5.75 Å². The van der Waals surface area contributed by atoms with E-state index < -0.39 is 0 Å². The summed E-state index contributed by atoms with van der Waals surface area (Å²) < 4.78 is 0. The molecular weight excluding hydrogens is 178 g/mol. The van der Waals surface area contributed by atoms with Crippen LogP contribution >= 0.6 is 0 Å². The summed E-state index contributed by atoms with van der Waals surface area (Å²) >= 11 is 0. The second-order valence-corrected chi connectivity index (χ2v) is 2.96. The number of aromatic hydroxyl groups is 1. The molecule has 0 saturated heterocycles. The van der Waals surface area contributed by atoms with Crippen LogP contribution in [0.4, 0.5) is 0 Å². The number of benzene rings is 2. The number of oxime groups is 1. The molecule has 0 saturated carbocycles. The van der Waals surface area contributed by atoms with Crippen LogP contribution < -0.4 is 0 Å². The highest BCUT2D eigenvalue weighted by molar-refractivity contribution is 6.02. The van der Waals surface area contributed by atoms with E-state index >= 15 is 0 Å². The van der Waals surface area contributed by atoms with Crippen molar-refractivity contribution in [2.24, 2.45) is 5.16 Å². The maximum absolute atomic E-state index is 9.54. The second-order valence-electron chi connectivity index (χ2n) is 2.96. The number of fused-ring (bicyclic) bond motifs is 1. The SMILES string of the molecule is O/N=C/c1c(O)ccc2ccccc12. The van der Waals surface area contributed by atoms with Gasteiger partial charge >= 0.3 is 0 Å². The Hall–Kier alpha value is -2.03. The van der Waals surface area contributed by atoms with Crippen molar-refractivity contribution >= 4 is 17.0 Å². The van der Waals surface area contributed by atoms with Gasteiger partial charge in [0.25, 0.3) is 0 Å². The number of rotatable bonds is 1. The smallest absolute Gasteiger partial charge is 0.125 e. The van der Waals surface area contributed by atoms with Crippen molar-refractivity contribution in [3.05, 3.63) is 42.0 Å². The molecule has 0 amide bonds. The Kier molecular flexibility index (Phi) is 2.07. The van der Waals surface area contributed by atoms with Gasteiger partial charge in [-0.2, -0.15) is 0 Å². The zero-order valence-electron chi connectivity index (χ0n) is 7.38. The van der Waals surface area contributed by atoms with E-state index in [1.807, 2.05) is 30.3 Å². The molecule has 70 valence electrons. The maximum Gasteiger partial charge on any atom is 0.125 e. The molecule has 2 rings (SSSR count). The van der Waals surface area contributed by atoms with E-state index in [4.69, 9.17) is 5.21 Å². The first-order valence-corrected chi connectivity index (χ1v) is 4.21. The molecule has 0 radical (unpaired) electrons. The van der Waals surface area contributed by atoms with Crippen molar-refractivity contribution in [1.29, 1.82) is 0 Å². The van der Waals surface area contributed by atoms with Crippen LogP contribution in [0.3, 0.4) is 0 Å². The third-order valence-corrected chi connectivity index (χ3v) is 2.13. The summed E-state index contributed by atoms with van der Waals surface area (Å²) in [5.74, 6) is 0.113. The molecule has 14 heavy (non-hydrogen) atoms. The number of nitrogens with zero attached hydrogens (tertiary/aromatic N) is 1. The van der Waals surface area contributed by atoms with Gasteiger partial charge in [-0.15, -0.1) is 0 Å². The predicted molar refractivity (Wildman–Crippen MR) is 55.0 cm³/mol. The zero-order chi connectivity index (χ0) is 9.97. The van der Waals surface area contributed by atoms with Gasteiger partial charge in [0.2, 0.25) is 0 Å². The fourth-order valence-corrected chi connectivity index (χ4v) is 1.48. The Morgan fingerprint density at radius 3 is 2.64 bits per heavy atom. The average molecular weight is 187 g/mol. The molecule has 0 unspecified atom stereocenters. The lowest BCUT2D eigenvalue weighted by molar-refractivity contribution is 0.321. The molecule has 3 heteroatoms. The number of phenolic OH excluding ortho intramolecular Hbond substituents is 1. The molecule has 0 spiro atoms. The lowest BCUT2D eigenvalue weighted by Crippen LogP contribution is -1.85. The molecule has 2 aromatic rings. The Bertz CT molecular complexity index is 492. The van der Waals surface area contributed by atoms with Crippen molar-refractivity contribution < 1.29 is 10.3 Å². The minimum atomic E-state index is 0.113. The van der Waals surface area contributed by atoms with Crippen LogP contribution in [0.1, 0.15) is 5.56 Å². The van der Waals surface area contributed by atoms with Crippen molar-refractivity contribution in [3.63, 3.8) is 0 Å². The number of hydrogen-bond acceptors (Lipinski definition) is 3. The number of phenols is 1. The molecule has 0 aliphatic rings. The zero-order valence-corrected chi connectivity index (χ0v) is 7.38. The molecule has 0 aliphatic heterocycles. The molecule has 0 aliphatic carbocycles. The van der Waals surface area contributed by atoms with Gasteiger partial charge in [-0.1, -0.05) is 35.5 Å². The first-order valence-electron chi connectivity index (χ1n) is 4.21. The standard InChI is InChI=1S/C11H9NO2/c13-11-6-5-8-3-1-2-4-9(8)10(11)7-12-14/h1-7,13-14H/b12-7+. The number of hydrogen-bond donors (Lipinski definition) is 2. The van der Waals surface area contributed by atoms with Gasteiger partial charge in [0.05, 0.1) is 6.21 Å². The van der Waals surface area contributed by atoms with E-state index in [1.54, 1.807) is 6.07 Å². The van der Waals surface area contributed by atoms with Crippen molar-refractivity contribution in [2.75, 3.05) is 0 Å². The van der Waals surface area contributed by atoms with Crippen molar-refractivity contribution in [2.45, 2.75) is 0 Å². The van der Waals surface area contributed by atoms with Crippen LogP contribution in [0.25, 0.3) is 10.8 Å². The van der Waals surface area contributed by atoms with E-state index in [0.29, 0.717) is 5.56 Å². The molecule has 3 nitrogen and oxygen atoms in total. The van der Waals surface area contributed by atoms with Crippen LogP contribution in [-0.4, -0.2) is 16.5 Å². The van der Waals surface area contributed by atoms with Gasteiger partial charge in [0.15, 0.2) is 0 Å². The summed E-state index contributed by atoms with van der Waals surface area (Å²) in [7, 11) is 0. The van der Waals surface area contributed by atoms with Crippen LogP contribution in [-0.2, 0) is 0 Å². The first kappa shape index (κ1) is 8.56. The Labute approximate surface area is 80.9 Å². The van der Waals surface area contributed by atoms with Gasteiger partial charge in [-0.3, -0.25) is 0 Å². The maximum atomic E-state index is 9.54. The highest BCUT2D eigenvalue weighted by Gasteiger charge is 2.03. The minimum absolute atomic E-state index is 0.113. The Morgan fingerprint density at radius 2 is 1.86 bits per heavy atom. The van der Waals surface area contributed by atoms with E-state index in [0.717, 1.165) is 10.8 Å². The van der Waals surface area contributed by atoms with E-state index in [1.165, 1.54) is 6.21 Å². The van der Waals surface area contributed by atoms with Gasteiger partial charge in [-0.25, -0.2) is 0 Å². The monoisotopic (exact) mass is 187 g/mol. The topological polar surface area (TPSA) is 52.8 Å². The van der Waals surface area contributed by atoms with Crippen molar-refractivity contribution in [3.8, 4) is 5.75 Å². The first-order chi connectivity index (χ1) is 6.83. The normalized spacial score (nSPS) is 11.1. The highest BCUT2D eigenvalue weighted by Crippen LogP contribution is 2.25. The Morgan fingerprint density at radius 1 is 1.07 bits per heavy atom. The summed E-state index contributed by atoms with van der Waals surface area (Å²) in [5.41, 5.74) is 0.533. The molecule has 2 aromatic carbocycles. The summed E-state index contributed by atoms with van der Waals surface area (Å²) in [6.45, 7) is 0. The van der Waals surface area contributed by atoms with E-state index in [2.05, 4.69) is 5.16 Å². The molecule has 2 N–H and O–H groups in total. The molecule has 0 fully saturated rings. The molecule has 0 bridgehead atoms. The summed E-state index contributed by atoms with van der Waals surface area (Å²) in [4.78, 5) is 0. The quantitative estimate of drug-likeness (QED) is 0.409. The lowest BCUT2D eigenvalue weighted by Gasteiger charge is -2.03. The van der Waals surface area contributed by atoms with Gasteiger partial charge in [0.1, 0.15) is 5.75 Å². The van der Waals surface area contributed by atoms with Crippen molar-refractivity contribution in [1.82, 2.24) is 0 Å². The van der Waals surface area contributed by atoms with Crippen LogP contribution in [0.2, 0.25) is 0 Å². The molecule has 0 heterocycles. The summed E-state index contributed by atoms with van der Waals surface area (Å²) in [6, 6.07) is 11.0. The van der Waals surface area contributed by atoms with Gasteiger partial charge in [-0.05, 0) is 16.8 Å². The van der Waals surface area contributed by atoms with Gasteiger partial charge < -0.3 is 10.3 Å². The fourth-order valence-electron chi connectivity index (χ4n) is 1.48. The van der Waals surface area contributed by atoms with Crippen LogP contribution in [0, 0.1) is 0 Å². The minimum Gasteiger partial charge on any atom is -0.507 e. The largest absolute Gasteiger partial charge is 0.507 e. The molecule has 0 atom stereocenters. The molecular formula is C11H9NO2. The highest BCUT2D eigenvalue weighted by atomic mass is 16.4. The second kappa shape index (κ2) is 3.38. The van der Waals surface area contributed by atoms with E-state index in [-0.39, 0.29) is 5.75 Å². The third-order valence-electron chi connectivity index (χ3n) is 2.13. The molecule has 0 aromatic heterocycles. The predicted octanol–water partition coefficient (Wildman–Crippen LogP) is 2.35. The third kappa shape index (κ3) is 1.29. The van der Waals surface area contributed by atoms with E-state index in [9.17, 15) is 5.11 Å². The summed E-state index contributed by atoms with van der Waals surface area (Å²) in [6.07, 6.45) is 1.23. The summed E-state index contributed by atoms with van der Waals surface area (Å²) in [5, 5.41) is 22.8. The van der Waals surface area contributed by atoms with Crippen LogP contribution in [0.15, 0.2) is 41.6 Å².